The molecule has 0 bridgehead atoms. The summed E-state index contributed by atoms with van der Waals surface area (Å²) < 4.78 is 0. The zero-order valence-electron chi connectivity index (χ0n) is 16.9. The minimum Gasteiger partial charge on any atom is -0.326 e. The Morgan fingerprint density at radius 3 is 2.00 bits per heavy atom. The molecule has 144 valence electrons. The third kappa shape index (κ3) is 5.53. The second-order valence-corrected chi connectivity index (χ2v) is 7.78. The van der Waals surface area contributed by atoms with Gasteiger partial charge in [-0.1, -0.05) is 50.2 Å². The number of pyridine rings is 1. The summed E-state index contributed by atoms with van der Waals surface area (Å²) in [6.07, 6.45) is 5.53. The Kier molecular flexibility index (Phi) is 6.59. The molecule has 3 heteroatoms. The van der Waals surface area contributed by atoms with Crippen LogP contribution in [0.15, 0.2) is 73.1 Å². The molecule has 0 saturated heterocycles. The highest BCUT2D eigenvalue weighted by Gasteiger charge is 2.15. The van der Waals surface area contributed by atoms with Crippen LogP contribution in [0.25, 0.3) is 0 Å². The molecule has 0 spiro atoms. The van der Waals surface area contributed by atoms with Crippen LogP contribution < -0.4 is 5.32 Å². The maximum atomic E-state index is 12.6. The van der Waals surface area contributed by atoms with E-state index in [1.54, 1.807) is 12.4 Å². The molecule has 0 aliphatic carbocycles. The zero-order valence-corrected chi connectivity index (χ0v) is 16.9. The smallest absolute Gasteiger partial charge is 0.231 e. The van der Waals surface area contributed by atoms with Gasteiger partial charge in [-0.2, -0.15) is 0 Å². The van der Waals surface area contributed by atoms with Crippen molar-refractivity contribution in [2.24, 2.45) is 5.92 Å². The summed E-state index contributed by atoms with van der Waals surface area (Å²) >= 11 is 0. The van der Waals surface area contributed by atoms with Crippen molar-refractivity contribution in [3.8, 4) is 0 Å². The fraction of sp³-hybridized carbons (Fsp3) is 0.280. The standard InChI is InChI=1S/C25H28N2O/c1-18(2)16-20-4-8-23(9-5-20)19(3)25(28)27-24-10-6-21(7-11-24)17-22-12-14-26-15-13-22/h4-15,18-19H,16-17H2,1-3H3,(H,27,28). The Hall–Kier alpha value is -2.94. The lowest BCUT2D eigenvalue weighted by Gasteiger charge is -2.14. The highest BCUT2D eigenvalue weighted by molar-refractivity contribution is 5.95. The van der Waals surface area contributed by atoms with Gasteiger partial charge >= 0.3 is 0 Å². The minimum atomic E-state index is -0.190. The number of nitrogens with zero attached hydrogens (tertiary/aromatic N) is 1. The summed E-state index contributed by atoms with van der Waals surface area (Å²) in [7, 11) is 0. The van der Waals surface area contributed by atoms with E-state index in [0.717, 1.165) is 24.1 Å². The van der Waals surface area contributed by atoms with Gasteiger partial charge in [0.2, 0.25) is 5.91 Å². The van der Waals surface area contributed by atoms with Gasteiger partial charge in [-0.05, 0) is 72.2 Å². The van der Waals surface area contributed by atoms with E-state index in [2.05, 4.69) is 60.5 Å². The zero-order chi connectivity index (χ0) is 19.9. The first-order chi connectivity index (χ1) is 13.5. The molecule has 0 fully saturated rings. The number of benzene rings is 2. The molecule has 2 aromatic carbocycles. The molecule has 0 saturated carbocycles. The van der Waals surface area contributed by atoms with Crippen LogP contribution in [0.3, 0.4) is 0 Å². The van der Waals surface area contributed by atoms with Crippen LogP contribution in [0, 0.1) is 5.92 Å². The lowest BCUT2D eigenvalue weighted by Crippen LogP contribution is -2.18. The SMILES string of the molecule is CC(C)Cc1ccc(C(C)C(=O)Nc2ccc(Cc3ccncc3)cc2)cc1. The quantitative estimate of drug-likeness (QED) is 0.585. The third-order valence-electron chi connectivity index (χ3n) is 4.90. The molecule has 1 aromatic heterocycles. The normalized spacial score (nSPS) is 12.0. The van der Waals surface area contributed by atoms with Crippen molar-refractivity contribution in [1.29, 1.82) is 0 Å². The molecule has 1 unspecified atom stereocenters. The molecule has 1 heterocycles. The lowest BCUT2D eigenvalue weighted by atomic mass is 9.96. The molecular weight excluding hydrogens is 344 g/mol. The maximum absolute atomic E-state index is 12.6. The predicted molar refractivity (Wildman–Crippen MR) is 116 cm³/mol. The highest BCUT2D eigenvalue weighted by Crippen LogP contribution is 2.20. The van der Waals surface area contributed by atoms with Gasteiger partial charge in [0.05, 0.1) is 5.92 Å². The Morgan fingerprint density at radius 1 is 0.821 bits per heavy atom. The van der Waals surface area contributed by atoms with Crippen molar-refractivity contribution < 1.29 is 4.79 Å². The van der Waals surface area contributed by atoms with Gasteiger partial charge in [0.25, 0.3) is 0 Å². The molecule has 1 N–H and O–H groups in total. The summed E-state index contributed by atoms with van der Waals surface area (Å²) in [5.74, 6) is 0.455. The Morgan fingerprint density at radius 2 is 1.39 bits per heavy atom. The average Bonchev–Trinajstić information content (AvgIpc) is 2.70. The number of anilines is 1. The van der Waals surface area contributed by atoms with E-state index in [1.807, 2.05) is 31.2 Å². The van der Waals surface area contributed by atoms with Crippen LogP contribution in [-0.2, 0) is 17.6 Å². The molecule has 3 rings (SSSR count). The first kappa shape index (κ1) is 19.8. The molecule has 0 aliphatic rings. The molecule has 1 amide bonds. The number of carbonyl (C=O) groups excluding carboxylic acids is 1. The number of carbonyl (C=O) groups is 1. The summed E-state index contributed by atoms with van der Waals surface area (Å²) in [6, 6.07) is 20.5. The van der Waals surface area contributed by atoms with Crippen molar-refractivity contribution in [2.45, 2.75) is 39.5 Å². The predicted octanol–water partition coefficient (Wildman–Crippen LogP) is 5.61. The fourth-order valence-electron chi connectivity index (χ4n) is 3.26. The van der Waals surface area contributed by atoms with Gasteiger partial charge in [0, 0.05) is 18.1 Å². The van der Waals surface area contributed by atoms with Crippen LogP contribution in [0.5, 0.6) is 0 Å². The first-order valence-electron chi connectivity index (χ1n) is 9.89. The average molecular weight is 373 g/mol. The van der Waals surface area contributed by atoms with E-state index in [0.29, 0.717) is 5.92 Å². The summed E-state index contributed by atoms with van der Waals surface area (Å²) in [4.78, 5) is 16.7. The molecule has 0 aliphatic heterocycles. The molecule has 3 nitrogen and oxygen atoms in total. The molecule has 3 aromatic rings. The van der Waals surface area contributed by atoms with E-state index in [1.165, 1.54) is 16.7 Å². The van der Waals surface area contributed by atoms with Gasteiger partial charge in [-0.25, -0.2) is 0 Å². The van der Waals surface area contributed by atoms with Crippen LogP contribution in [0.2, 0.25) is 0 Å². The number of nitrogens with one attached hydrogen (secondary N) is 1. The number of amides is 1. The maximum Gasteiger partial charge on any atom is 0.231 e. The van der Waals surface area contributed by atoms with Crippen LogP contribution in [0.1, 0.15) is 48.9 Å². The van der Waals surface area contributed by atoms with E-state index < -0.39 is 0 Å². The summed E-state index contributed by atoms with van der Waals surface area (Å²) in [5.41, 5.74) is 5.61. The van der Waals surface area contributed by atoms with Crippen LogP contribution in [-0.4, -0.2) is 10.9 Å². The second kappa shape index (κ2) is 9.32. The highest BCUT2D eigenvalue weighted by atomic mass is 16.1. The molecular formula is C25H28N2O. The van der Waals surface area contributed by atoms with Crippen molar-refractivity contribution in [3.63, 3.8) is 0 Å². The van der Waals surface area contributed by atoms with Gasteiger partial charge in [-0.3, -0.25) is 9.78 Å². The van der Waals surface area contributed by atoms with E-state index >= 15 is 0 Å². The van der Waals surface area contributed by atoms with Crippen LogP contribution in [0.4, 0.5) is 5.69 Å². The Bertz CT molecular complexity index is 884. The number of rotatable bonds is 7. The Balaban J connectivity index is 1.59. The monoisotopic (exact) mass is 372 g/mol. The number of hydrogen-bond donors (Lipinski definition) is 1. The molecule has 28 heavy (non-hydrogen) atoms. The topological polar surface area (TPSA) is 42.0 Å². The second-order valence-electron chi connectivity index (χ2n) is 7.78. The van der Waals surface area contributed by atoms with Crippen molar-refractivity contribution in [1.82, 2.24) is 4.98 Å². The van der Waals surface area contributed by atoms with Gasteiger partial charge in [0.1, 0.15) is 0 Å². The van der Waals surface area contributed by atoms with Gasteiger partial charge < -0.3 is 5.32 Å². The largest absolute Gasteiger partial charge is 0.326 e. The summed E-state index contributed by atoms with van der Waals surface area (Å²) in [5, 5.41) is 3.03. The van der Waals surface area contributed by atoms with Crippen molar-refractivity contribution in [2.75, 3.05) is 5.32 Å². The molecule has 1 atom stereocenters. The minimum absolute atomic E-state index is 0.0125. The third-order valence-corrected chi connectivity index (χ3v) is 4.90. The molecule has 0 radical (unpaired) electrons. The first-order valence-corrected chi connectivity index (χ1v) is 9.89. The van der Waals surface area contributed by atoms with Gasteiger partial charge in [0.15, 0.2) is 0 Å². The number of aromatic nitrogens is 1. The van der Waals surface area contributed by atoms with Crippen molar-refractivity contribution >= 4 is 11.6 Å². The number of hydrogen-bond acceptors (Lipinski definition) is 2. The van der Waals surface area contributed by atoms with E-state index in [-0.39, 0.29) is 11.8 Å². The lowest BCUT2D eigenvalue weighted by molar-refractivity contribution is -0.117. The fourth-order valence-corrected chi connectivity index (χ4v) is 3.26. The van der Waals surface area contributed by atoms with Crippen molar-refractivity contribution in [3.05, 3.63) is 95.3 Å². The van der Waals surface area contributed by atoms with E-state index in [4.69, 9.17) is 0 Å². The summed E-state index contributed by atoms with van der Waals surface area (Å²) in [6.45, 7) is 6.38. The van der Waals surface area contributed by atoms with Crippen LogP contribution >= 0.6 is 0 Å². The van der Waals surface area contributed by atoms with E-state index in [9.17, 15) is 4.79 Å². The van der Waals surface area contributed by atoms with Gasteiger partial charge in [-0.15, -0.1) is 0 Å². The Labute approximate surface area is 167 Å².